The van der Waals surface area contributed by atoms with Gasteiger partial charge in [0.1, 0.15) is 0 Å². The maximum Gasteiger partial charge on any atom is 0.315 e. The molecule has 2 N–H and O–H groups in total. The van der Waals surface area contributed by atoms with E-state index in [0.717, 1.165) is 12.1 Å². The number of nitro groups is 2. The number of hydrogen-bond acceptors (Lipinski definition) is 10. The van der Waals surface area contributed by atoms with E-state index >= 15 is 0 Å². The zero-order valence-electron chi connectivity index (χ0n) is 17.4. The number of benzene rings is 2. The summed E-state index contributed by atoms with van der Waals surface area (Å²) in [6.07, 6.45) is 2.94. The number of thioether (sulfide) groups is 1. The molecule has 2 aromatic rings. The second-order valence-corrected chi connectivity index (χ2v) is 7.84. The summed E-state index contributed by atoms with van der Waals surface area (Å²) in [5, 5.41) is 42.3. The Labute approximate surface area is 191 Å². The average Bonchev–Trinajstić information content (AvgIpc) is 2.78. The van der Waals surface area contributed by atoms with Gasteiger partial charge in [0.05, 0.1) is 24.1 Å². The van der Waals surface area contributed by atoms with E-state index in [1.54, 1.807) is 0 Å². The molecule has 0 atom stereocenters. The van der Waals surface area contributed by atoms with Gasteiger partial charge in [0.2, 0.25) is 11.5 Å². The standard InChI is InChI=1S/C21H18N2O9S/c1-31-17-7-11(5-15(20(17)25)22(27)28)3-13-9-33-10-14(19(13)24)4-12-6-16(23(29)30)21(26)18(8-12)32-2/h3-8,25-26H,9-10H2,1-2H3/b13-3+,14-4+. The number of Topliss-reactive ketones (excluding diaryl/α,β-unsaturated/α-hetero) is 1. The van der Waals surface area contributed by atoms with Crippen molar-refractivity contribution in [2.45, 2.75) is 0 Å². The summed E-state index contributed by atoms with van der Waals surface area (Å²) in [6.45, 7) is 0. The van der Waals surface area contributed by atoms with Gasteiger partial charge in [0, 0.05) is 34.8 Å². The van der Waals surface area contributed by atoms with Crippen LogP contribution in [-0.4, -0.2) is 51.6 Å². The van der Waals surface area contributed by atoms with Crippen molar-refractivity contribution in [3.63, 3.8) is 0 Å². The number of hydrogen-bond donors (Lipinski definition) is 2. The molecule has 1 aliphatic heterocycles. The number of methoxy groups -OCH3 is 2. The van der Waals surface area contributed by atoms with Gasteiger partial charge >= 0.3 is 11.4 Å². The lowest BCUT2D eigenvalue weighted by atomic mass is 9.99. The molecule has 0 unspecified atom stereocenters. The number of ether oxygens (including phenoxy) is 2. The minimum absolute atomic E-state index is 0.105. The third-order valence-corrected chi connectivity index (χ3v) is 5.80. The summed E-state index contributed by atoms with van der Waals surface area (Å²) in [5.41, 5.74) is 0.166. The average molecular weight is 474 g/mol. The number of carbonyl (C=O) groups excluding carboxylic acids is 1. The largest absolute Gasteiger partial charge is 0.500 e. The number of nitro benzene ring substituents is 2. The van der Waals surface area contributed by atoms with Gasteiger partial charge in [-0.1, -0.05) is 0 Å². The number of phenols is 2. The molecule has 0 radical (unpaired) electrons. The minimum atomic E-state index is -0.756. The second-order valence-electron chi connectivity index (χ2n) is 6.86. The second kappa shape index (κ2) is 9.61. The van der Waals surface area contributed by atoms with Crippen molar-refractivity contribution in [3.8, 4) is 23.0 Å². The summed E-state index contributed by atoms with van der Waals surface area (Å²) in [6, 6.07) is 5.02. The van der Waals surface area contributed by atoms with Crippen molar-refractivity contribution in [2.24, 2.45) is 0 Å². The Morgan fingerprint density at radius 3 is 1.58 bits per heavy atom. The Morgan fingerprint density at radius 1 is 0.848 bits per heavy atom. The van der Waals surface area contributed by atoms with Crippen LogP contribution in [0.5, 0.6) is 23.0 Å². The summed E-state index contributed by atoms with van der Waals surface area (Å²) in [7, 11) is 2.51. The topological polar surface area (TPSA) is 162 Å². The van der Waals surface area contributed by atoms with Crippen LogP contribution in [0.1, 0.15) is 11.1 Å². The van der Waals surface area contributed by atoms with Gasteiger partial charge in [-0.15, -0.1) is 0 Å². The van der Waals surface area contributed by atoms with E-state index in [4.69, 9.17) is 9.47 Å². The summed E-state index contributed by atoms with van der Waals surface area (Å²) >= 11 is 1.41. The maximum atomic E-state index is 13.0. The van der Waals surface area contributed by atoms with Gasteiger partial charge in [-0.3, -0.25) is 25.0 Å². The first-order valence-electron chi connectivity index (χ1n) is 9.30. The first kappa shape index (κ1) is 23.6. The molecule has 0 bridgehead atoms. The molecule has 0 aliphatic carbocycles. The van der Waals surface area contributed by atoms with Crippen molar-refractivity contribution < 1.29 is 34.3 Å². The zero-order chi connectivity index (χ0) is 24.3. The quantitative estimate of drug-likeness (QED) is 0.358. The lowest BCUT2D eigenvalue weighted by Gasteiger charge is -2.17. The van der Waals surface area contributed by atoms with E-state index in [9.17, 15) is 35.2 Å². The van der Waals surface area contributed by atoms with E-state index in [1.807, 2.05) is 0 Å². The van der Waals surface area contributed by atoms with Crippen molar-refractivity contribution in [1.82, 2.24) is 0 Å². The molecule has 3 rings (SSSR count). The third-order valence-electron chi connectivity index (χ3n) is 4.77. The van der Waals surface area contributed by atoms with Crippen LogP contribution >= 0.6 is 11.8 Å². The van der Waals surface area contributed by atoms with Crippen molar-refractivity contribution in [1.29, 1.82) is 0 Å². The SMILES string of the molecule is COc1cc(/C=C2\CSC/C(=C\c3cc(OC)c(O)c([N+](=O)[O-])c3)C2=O)cc([N+](=O)[O-])c1O. The first-order chi connectivity index (χ1) is 15.7. The van der Waals surface area contributed by atoms with Crippen LogP contribution in [0.15, 0.2) is 35.4 Å². The lowest BCUT2D eigenvalue weighted by Crippen LogP contribution is -2.16. The normalized spacial score (nSPS) is 16.1. The summed E-state index contributed by atoms with van der Waals surface area (Å²) in [5.74, 6) is -1.09. The van der Waals surface area contributed by atoms with Gasteiger partial charge < -0.3 is 19.7 Å². The van der Waals surface area contributed by atoms with E-state index in [2.05, 4.69) is 0 Å². The van der Waals surface area contributed by atoms with Crippen LogP contribution in [-0.2, 0) is 4.79 Å². The zero-order valence-corrected chi connectivity index (χ0v) is 18.2. The Balaban J connectivity index is 2.02. The molecule has 11 nitrogen and oxygen atoms in total. The fraction of sp³-hybridized carbons (Fsp3) is 0.190. The number of nitrogens with zero attached hydrogens (tertiary/aromatic N) is 2. The van der Waals surface area contributed by atoms with Crippen LogP contribution in [0.25, 0.3) is 12.2 Å². The van der Waals surface area contributed by atoms with Crippen LogP contribution in [0.4, 0.5) is 11.4 Å². The molecule has 1 heterocycles. The molecule has 0 spiro atoms. The highest BCUT2D eigenvalue weighted by molar-refractivity contribution is 7.99. The first-order valence-corrected chi connectivity index (χ1v) is 10.5. The smallest absolute Gasteiger partial charge is 0.315 e. The molecule has 1 aliphatic rings. The predicted molar refractivity (Wildman–Crippen MR) is 121 cm³/mol. The van der Waals surface area contributed by atoms with Gasteiger partial charge in [-0.2, -0.15) is 11.8 Å². The van der Waals surface area contributed by atoms with Gasteiger partial charge in [-0.05, 0) is 35.4 Å². The molecule has 0 aromatic heterocycles. The molecule has 0 saturated carbocycles. The van der Waals surface area contributed by atoms with E-state index in [-0.39, 0.29) is 17.3 Å². The van der Waals surface area contributed by atoms with Crippen molar-refractivity contribution in [3.05, 3.63) is 66.8 Å². The fourth-order valence-electron chi connectivity index (χ4n) is 3.21. The van der Waals surface area contributed by atoms with Crippen LogP contribution < -0.4 is 9.47 Å². The monoisotopic (exact) mass is 474 g/mol. The molecule has 1 saturated heterocycles. The molecule has 172 valence electrons. The number of phenolic OH excluding ortho intramolecular Hbond substituents is 2. The fourth-order valence-corrected chi connectivity index (χ4v) is 4.18. The maximum absolute atomic E-state index is 13.0. The number of aromatic hydroxyl groups is 2. The van der Waals surface area contributed by atoms with E-state index in [0.29, 0.717) is 33.8 Å². The lowest BCUT2D eigenvalue weighted by molar-refractivity contribution is -0.386. The number of rotatable bonds is 6. The molecule has 2 aromatic carbocycles. The Morgan fingerprint density at radius 2 is 1.24 bits per heavy atom. The third kappa shape index (κ3) is 4.90. The van der Waals surface area contributed by atoms with Crippen molar-refractivity contribution in [2.75, 3.05) is 25.7 Å². The molecule has 33 heavy (non-hydrogen) atoms. The minimum Gasteiger partial charge on any atom is -0.500 e. The molecular formula is C21H18N2O9S. The van der Waals surface area contributed by atoms with Gasteiger partial charge in [0.15, 0.2) is 17.3 Å². The van der Waals surface area contributed by atoms with Crippen LogP contribution in [0.2, 0.25) is 0 Å². The Hall–Kier alpha value is -4.06. The molecule has 0 amide bonds. The highest BCUT2D eigenvalue weighted by Gasteiger charge is 2.25. The van der Waals surface area contributed by atoms with Gasteiger partial charge in [-0.25, -0.2) is 0 Å². The molecular weight excluding hydrogens is 456 g/mol. The van der Waals surface area contributed by atoms with Crippen LogP contribution in [0.3, 0.4) is 0 Å². The Kier molecular flexibility index (Phi) is 6.87. The number of ketones is 1. The van der Waals surface area contributed by atoms with E-state index in [1.165, 1.54) is 50.3 Å². The number of carbonyl (C=O) groups is 1. The van der Waals surface area contributed by atoms with E-state index < -0.39 is 32.7 Å². The van der Waals surface area contributed by atoms with Crippen LogP contribution in [0, 0.1) is 20.2 Å². The predicted octanol–water partition coefficient (Wildman–Crippen LogP) is 3.71. The van der Waals surface area contributed by atoms with Gasteiger partial charge in [0.25, 0.3) is 0 Å². The summed E-state index contributed by atoms with van der Waals surface area (Å²) in [4.78, 5) is 34.0. The highest BCUT2D eigenvalue weighted by Crippen LogP contribution is 2.39. The summed E-state index contributed by atoms with van der Waals surface area (Å²) < 4.78 is 9.96. The molecule has 1 fully saturated rings. The molecule has 12 heteroatoms. The Bertz CT molecular complexity index is 1130. The van der Waals surface area contributed by atoms with Crippen molar-refractivity contribution >= 4 is 41.1 Å². The highest BCUT2D eigenvalue weighted by atomic mass is 32.2.